The fraction of sp³-hybridized carbons (Fsp3) is 0.211. The minimum atomic E-state index is 0.518. The van der Waals surface area contributed by atoms with E-state index in [1.807, 2.05) is 47.6 Å². The molecule has 0 aliphatic rings. The Kier molecular flexibility index (Phi) is 3.64. The van der Waals surface area contributed by atoms with Crippen molar-refractivity contribution >= 4 is 16.6 Å². The fourth-order valence-electron chi connectivity index (χ4n) is 3.22. The van der Waals surface area contributed by atoms with Crippen LogP contribution in [0.15, 0.2) is 37.0 Å². The van der Waals surface area contributed by atoms with Gasteiger partial charge in [0.2, 0.25) is 0 Å². The molecule has 0 amide bonds. The smallest absolute Gasteiger partial charge is 0.182 e. The van der Waals surface area contributed by atoms with E-state index in [0.717, 1.165) is 40.0 Å². The van der Waals surface area contributed by atoms with Crippen molar-refractivity contribution in [2.24, 2.45) is 12.8 Å². The van der Waals surface area contributed by atoms with Gasteiger partial charge in [0.25, 0.3) is 0 Å². The number of nitrogens with two attached hydrogens (primary N) is 1. The Morgan fingerprint density at radius 2 is 2.12 bits per heavy atom. The van der Waals surface area contributed by atoms with Gasteiger partial charge in [-0.1, -0.05) is 6.58 Å². The summed E-state index contributed by atoms with van der Waals surface area (Å²) in [6.45, 7) is 8.66. The van der Waals surface area contributed by atoms with Crippen LogP contribution in [0, 0.1) is 6.92 Å². The third-order valence-electron chi connectivity index (χ3n) is 4.54. The highest BCUT2D eigenvalue weighted by Crippen LogP contribution is 2.31. The largest absolute Gasteiger partial charge is 0.399 e. The van der Waals surface area contributed by atoms with Gasteiger partial charge in [-0.2, -0.15) is 10.2 Å². The fourth-order valence-corrected chi connectivity index (χ4v) is 3.22. The lowest BCUT2D eigenvalue weighted by atomic mass is 10.0. The second-order valence-electron chi connectivity index (χ2n) is 6.40. The number of benzene rings is 1. The Bertz CT molecular complexity index is 1130. The van der Waals surface area contributed by atoms with Gasteiger partial charge in [-0.15, -0.1) is 0 Å². The van der Waals surface area contributed by atoms with Gasteiger partial charge in [0.1, 0.15) is 5.69 Å². The number of aromatic nitrogens is 6. The average Bonchev–Trinajstić information content (AvgIpc) is 3.32. The molecule has 3 aromatic heterocycles. The molecule has 3 N–H and O–H groups in total. The monoisotopic (exact) mass is 347 g/mol. The van der Waals surface area contributed by atoms with Crippen molar-refractivity contribution in [2.75, 3.05) is 0 Å². The van der Waals surface area contributed by atoms with E-state index in [1.54, 1.807) is 0 Å². The van der Waals surface area contributed by atoms with Crippen LogP contribution in [0.4, 0.5) is 0 Å². The Balaban J connectivity index is 1.89. The second-order valence-corrected chi connectivity index (χ2v) is 6.40. The summed E-state index contributed by atoms with van der Waals surface area (Å²) in [6.07, 6.45) is 2.01. The average molecular weight is 347 g/mol. The summed E-state index contributed by atoms with van der Waals surface area (Å²) < 4.78 is 3.96. The van der Waals surface area contributed by atoms with Gasteiger partial charge in [0, 0.05) is 42.0 Å². The molecule has 7 heteroatoms. The normalized spacial score (nSPS) is 11.3. The summed E-state index contributed by atoms with van der Waals surface area (Å²) in [4.78, 5) is 4.73. The molecule has 26 heavy (non-hydrogen) atoms. The predicted molar refractivity (Wildman–Crippen MR) is 103 cm³/mol. The predicted octanol–water partition coefficient (Wildman–Crippen LogP) is 3.08. The first-order chi connectivity index (χ1) is 12.5. The van der Waals surface area contributed by atoms with Crippen LogP contribution in [0.2, 0.25) is 0 Å². The molecule has 4 rings (SSSR count). The van der Waals surface area contributed by atoms with E-state index >= 15 is 0 Å². The Hall–Kier alpha value is -3.35. The number of nitrogens with one attached hydrogen (secondary N) is 1. The molecule has 132 valence electrons. The van der Waals surface area contributed by atoms with E-state index in [-0.39, 0.29) is 0 Å². The Morgan fingerprint density at radius 1 is 1.31 bits per heavy atom. The molecule has 0 bridgehead atoms. The molecule has 0 saturated heterocycles. The molecular formula is C19H21N7. The number of fused-ring (bicyclic) bond motifs is 1. The van der Waals surface area contributed by atoms with Crippen LogP contribution < -0.4 is 5.73 Å². The summed E-state index contributed by atoms with van der Waals surface area (Å²) in [6, 6.07) is 8.08. The first-order valence-corrected chi connectivity index (χ1v) is 8.49. The van der Waals surface area contributed by atoms with Crippen molar-refractivity contribution in [3.8, 4) is 22.9 Å². The van der Waals surface area contributed by atoms with Crippen LogP contribution >= 0.6 is 0 Å². The number of rotatable bonds is 4. The quantitative estimate of drug-likeness (QED) is 0.593. The number of nitrogens with zero attached hydrogens (tertiary/aromatic N) is 5. The molecule has 0 aliphatic heterocycles. The lowest BCUT2D eigenvalue weighted by Gasteiger charge is -2.06. The molecule has 0 unspecified atom stereocenters. The number of aryl methyl sites for hydroxylation is 3. The molecule has 0 aliphatic carbocycles. The van der Waals surface area contributed by atoms with Crippen LogP contribution in [-0.2, 0) is 13.6 Å². The molecule has 7 nitrogen and oxygen atoms in total. The van der Waals surface area contributed by atoms with Crippen LogP contribution in [0.5, 0.6) is 0 Å². The van der Waals surface area contributed by atoms with Crippen LogP contribution in [0.1, 0.15) is 18.2 Å². The SMILES string of the molecule is C=C(N)c1cc(-c2n[nH]c(-c3cc(C)nn3CC)n2)c2ccn(C)c2c1. The first kappa shape index (κ1) is 16.1. The molecule has 0 spiro atoms. The molecule has 0 radical (unpaired) electrons. The molecule has 0 fully saturated rings. The van der Waals surface area contributed by atoms with Gasteiger partial charge in [0.05, 0.1) is 5.69 Å². The minimum Gasteiger partial charge on any atom is -0.399 e. The van der Waals surface area contributed by atoms with Crippen molar-refractivity contribution < 1.29 is 0 Å². The van der Waals surface area contributed by atoms with Crippen molar-refractivity contribution in [1.29, 1.82) is 0 Å². The highest BCUT2D eigenvalue weighted by atomic mass is 15.3. The zero-order chi connectivity index (χ0) is 18.4. The van der Waals surface area contributed by atoms with Crippen molar-refractivity contribution in [3.05, 3.63) is 48.3 Å². The van der Waals surface area contributed by atoms with Crippen LogP contribution in [0.3, 0.4) is 0 Å². The Labute approximate surface area is 151 Å². The van der Waals surface area contributed by atoms with Gasteiger partial charge in [-0.25, -0.2) is 4.98 Å². The molecule has 0 saturated carbocycles. The zero-order valence-electron chi connectivity index (χ0n) is 15.1. The topological polar surface area (TPSA) is 90.3 Å². The lowest BCUT2D eigenvalue weighted by Crippen LogP contribution is -2.00. The van der Waals surface area contributed by atoms with Crippen molar-refractivity contribution in [3.63, 3.8) is 0 Å². The van der Waals surface area contributed by atoms with Crippen LogP contribution in [-0.4, -0.2) is 29.5 Å². The van der Waals surface area contributed by atoms with E-state index < -0.39 is 0 Å². The summed E-state index contributed by atoms with van der Waals surface area (Å²) >= 11 is 0. The van der Waals surface area contributed by atoms with Gasteiger partial charge in [0.15, 0.2) is 11.6 Å². The Morgan fingerprint density at radius 3 is 2.85 bits per heavy atom. The molecule has 0 atom stereocenters. The molecule has 4 aromatic rings. The number of hydrogen-bond acceptors (Lipinski definition) is 4. The van der Waals surface area contributed by atoms with Gasteiger partial charge in [-0.05, 0) is 43.7 Å². The van der Waals surface area contributed by atoms with E-state index in [4.69, 9.17) is 10.7 Å². The summed E-state index contributed by atoms with van der Waals surface area (Å²) in [5.74, 6) is 1.32. The first-order valence-electron chi connectivity index (χ1n) is 8.49. The number of hydrogen-bond donors (Lipinski definition) is 2. The zero-order valence-corrected chi connectivity index (χ0v) is 15.1. The van der Waals surface area contributed by atoms with Crippen molar-refractivity contribution in [1.82, 2.24) is 29.5 Å². The molecular weight excluding hydrogens is 326 g/mol. The number of H-pyrrole nitrogens is 1. The van der Waals surface area contributed by atoms with E-state index in [1.165, 1.54) is 0 Å². The number of aromatic amines is 1. The third kappa shape index (κ3) is 2.48. The summed E-state index contributed by atoms with van der Waals surface area (Å²) in [7, 11) is 2.00. The maximum Gasteiger partial charge on any atom is 0.182 e. The van der Waals surface area contributed by atoms with E-state index in [9.17, 15) is 0 Å². The summed E-state index contributed by atoms with van der Waals surface area (Å²) in [5, 5.41) is 13.0. The second kappa shape index (κ2) is 5.87. The standard InChI is InChI=1S/C19H21N7/c1-5-26-17(8-11(2)24-26)19-21-18(22-23-19)15-9-13(12(3)20)10-16-14(15)6-7-25(16)4/h6-10H,3,5,20H2,1-2,4H3,(H,21,22,23). The van der Waals surface area contributed by atoms with Gasteiger partial charge >= 0.3 is 0 Å². The lowest BCUT2D eigenvalue weighted by molar-refractivity contribution is 0.657. The van der Waals surface area contributed by atoms with Crippen molar-refractivity contribution in [2.45, 2.75) is 20.4 Å². The highest BCUT2D eigenvalue weighted by molar-refractivity contribution is 5.96. The maximum absolute atomic E-state index is 5.94. The van der Waals surface area contributed by atoms with E-state index in [2.05, 4.69) is 34.9 Å². The third-order valence-corrected chi connectivity index (χ3v) is 4.54. The minimum absolute atomic E-state index is 0.518. The highest BCUT2D eigenvalue weighted by Gasteiger charge is 2.16. The van der Waals surface area contributed by atoms with Crippen LogP contribution in [0.25, 0.3) is 39.5 Å². The van der Waals surface area contributed by atoms with E-state index in [0.29, 0.717) is 17.3 Å². The van der Waals surface area contributed by atoms with Gasteiger partial charge in [-0.3, -0.25) is 9.78 Å². The van der Waals surface area contributed by atoms with Gasteiger partial charge < -0.3 is 10.3 Å². The molecule has 1 aromatic carbocycles. The summed E-state index contributed by atoms with van der Waals surface area (Å²) in [5.41, 5.74) is 11.2. The maximum atomic E-state index is 5.94. The molecule has 3 heterocycles.